The number of likely N-dealkylation sites (tertiary alicyclic amines) is 1. The van der Waals surface area contributed by atoms with Crippen LogP contribution in [0.4, 0.5) is 13.2 Å². The molecule has 4 heterocycles. The van der Waals surface area contributed by atoms with Crippen LogP contribution < -0.4 is 5.32 Å². The van der Waals surface area contributed by atoms with E-state index in [4.69, 9.17) is 19.1 Å². The van der Waals surface area contributed by atoms with Gasteiger partial charge in [-0.1, -0.05) is 6.07 Å². The Hall–Kier alpha value is -2.37. The van der Waals surface area contributed by atoms with Gasteiger partial charge in [-0.2, -0.15) is 13.2 Å². The van der Waals surface area contributed by atoms with Gasteiger partial charge in [0.1, 0.15) is 0 Å². The molecule has 0 radical (unpaired) electrons. The van der Waals surface area contributed by atoms with Crippen LogP contribution in [0, 0.1) is 0 Å². The Morgan fingerprint density at radius 2 is 2.10 bits per heavy atom. The molecule has 11 heteroatoms. The summed E-state index contributed by atoms with van der Waals surface area (Å²) >= 11 is 1.80. The van der Waals surface area contributed by atoms with E-state index < -0.39 is 12.1 Å². The number of alkyl halides is 3. The van der Waals surface area contributed by atoms with Crippen LogP contribution in [-0.2, 0) is 16.1 Å². The molecule has 2 aliphatic rings. The maximum atomic E-state index is 12.2. The topological polar surface area (TPSA) is 92.0 Å². The summed E-state index contributed by atoms with van der Waals surface area (Å²) in [7, 11) is 0. The predicted octanol–water partition coefficient (Wildman–Crippen LogP) is 3.53. The van der Waals surface area contributed by atoms with E-state index in [1.807, 2.05) is 0 Å². The summed E-state index contributed by atoms with van der Waals surface area (Å²) in [5.41, 5.74) is -0.114. The molecule has 0 aromatic carbocycles. The molecule has 2 aromatic rings. The molecule has 1 spiro atoms. The van der Waals surface area contributed by atoms with Crippen molar-refractivity contribution in [1.82, 2.24) is 10.2 Å². The Morgan fingerprint density at radius 3 is 2.71 bits per heavy atom. The summed E-state index contributed by atoms with van der Waals surface area (Å²) in [6, 6.07) is 7.87. The second-order valence-corrected chi connectivity index (χ2v) is 8.55. The molecule has 2 aromatic heterocycles. The lowest BCUT2D eigenvalue weighted by Crippen LogP contribution is -2.49. The molecule has 7 nitrogen and oxygen atoms in total. The Kier molecular flexibility index (Phi) is 7.39. The normalized spacial score (nSPS) is 23.9. The first-order chi connectivity index (χ1) is 14.7. The lowest BCUT2D eigenvalue weighted by molar-refractivity contribution is -0.192. The van der Waals surface area contributed by atoms with Gasteiger partial charge < -0.3 is 19.6 Å². The Labute approximate surface area is 180 Å². The van der Waals surface area contributed by atoms with Crippen LogP contribution >= 0.6 is 11.3 Å². The molecule has 0 aliphatic carbocycles. The zero-order valence-electron chi connectivity index (χ0n) is 16.6. The quantitative estimate of drug-likeness (QED) is 0.726. The number of aliphatic carboxylic acids is 1. The number of carboxylic acids is 1. The predicted molar refractivity (Wildman–Crippen MR) is 106 cm³/mol. The summed E-state index contributed by atoms with van der Waals surface area (Å²) in [6.45, 7) is 3.69. The number of furan rings is 1. The molecule has 1 amide bonds. The smallest absolute Gasteiger partial charge is 0.475 e. The lowest BCUT2D eigenvalue weighted by atomic mass is 9.89. The number of amides is 1. The van der Waals surface area contributed by atoms with E-state index in [0.29, 0.717) is 12.4 Å². The van der Waals surface area contributed by atoms with Crippen molar-refractivity contribution in [3.05, 3.63) is 46.5 Å². The third kappa shape index (κ3) is 6.55. The van der Waals surface area contributed by atoms with E-state index in [-0.39, 0.29) is 17.6 Å². The van der Waals surface area contributed by atoms with Crippen LogP contribution in [-0.4, -0.2) is 59.4 Å². The highest BCUT2D eigenvalue weighted by Gasteiger charge is 2.43. The van der Waals surface area contributed by atoms with Crippen molar-refractivity contribution in [3.8, 4) is 0 Å². The maximum absolute atomic E-state index is 12.2. The molecule has 0 unspecified atom stereocenters. The number of ether oxygens (including phenoxy) is 1. The minimum Gasteiger partial charge on any atom is -0.475 e. The molecule has 4 rings (SSSR count). The van der Waals surface area contributed by atoms with Gasteiger partial charge in [0.05, 0.1) is 11.9 Å². The highest BCUT2D eigenvalue weighted by molar-refractivity contribution is 7.09. The van der Waals surface area contributed by atoms with Gasteiger partial charge in [0, 0.05) is 37.2 Å². The molecule has 0 bridgehead atoms. The van der Waals surface area contributed by atoms with E-state index in [2.05, 4.69) is 27.7 Å². The molecule has 2 fully saturated rings. The van der Waals surface area contributed by atoms with E-state index in [1.165, 1.54) is 11.1 Å². The average Bonchev–Trinajstić information content (AvgIpc) is 3.45. The molecular weight excluding hydrogens is 437 g/mol. The molecule has 0 saturated carbocycles. The second kappa shape index (κ2) is 9.84. The van der Waals surface area contributed by atoms with Gasteiger partial charge in [-0.15, -0.1) is 11.3 Å². The van der Waals surface area contributed by atoms with Gasteiger partial charge in [-0.25, -0.2) is 4.79 Å². The molecule has 2 N–H and O–H groups in total. The van der Waals surface area contributed by atoms with E-state index in [0.717, 1.165) is 38.9 Å². The largest absolute Gasteiger partial charge is 0.490 e. The molecule has 170 valence electrons. The van der Waals surface area contributed by atoms with Gasteiger partial charge in [0.15, 0.2) is 5.76 Å². The average molecular weight is 460 g/mol. The lowest BCUT2D eigenvalue weighted by Gasteiger charge is -2.38. The maximum Gasteiger partial charge on any atom is 0.490 e. The molecule has 2 aliphatic heterocycles. The van der Waals surface area contributed by atoms with Crippen molar-refractivity contribution in [1.29, 1.82) is 0 Å². The van der Waals surface area contributed by atoms with Crippen molar-refractivity contribution in [2.75, 3.05) is 19.7 Å². The second-order valence-electron chi connectivity index (χ2n) is 7.51. The summed E-state index contributed by atoms with van der Waals surface area (Å²) in [4.78, 5) is 24.9. The summed E-state index contributed by atoms with van der Waals surface area (Å²) < 4.78 is 43.1. The zero-order chi connectivity index (χ0) is 22.5. The first kappa shape index (κ1) is 23.3. The molecule has 31 heavy (non-hydrogen) atoms. The van der Waals surface area contributed by atoms with Crippen molar-refractivity contribution in [3.63, 3.8) is 0 Å². The Balaban J connectivity index is 0.000000339. The fourth-order valence-electron chi connectivity index (χ4n) is 3.79. The Morgan fingerprint density at radius 1 is 1.32 bits per heavy atom. The molecule has 2 saturated heterocycles. The van der Waals surface area contributed by atoms with Crippen molar-refractivity contribution in [2.45, 2.75) is 43.6 Å². The summed E-state index contributed by atoms with van der Waals surface area (Å²) in [6.07, 6.45) is -0.787. The third-order valence-corrected chi connectivity index (χ3v) is 6.03. The van der Waals surface area contributed by atoms with Gasteiger partial charge in [-0.05, 0) is 42.8 Å². The van der Waals surface area contributed by atoms with Crippen molar-refractivity contribution >= 4 is 23.2 Å². The highest BCUT2D eigenvalue weighted by Crippen LogP contribution is 2.35. The van der Waals surface area contributed by atoms with Crippen molar-refractivity contribution < 1.29 is 37.0 Å². The highest BCUT2D eigenvalue weighted by atomic mass is 32.1. The van der Waals surface area contributed by atoms with Crippen LogP contribution in [0.2, 0.25) is 0 Å². The standard InChI is InChI=1S/C18H22N2O3S.C2HF3O2/c21-17(16-4-1-8-22-16)19-14-5-9-23-18(11-14)6-7-20(13-18)12-15-3-2-10-24-15;3-2(4,5)1(6)7/h1-4,8,10,14H,5-7,9,11-13H2,(H,19,21);(H,6,7)/t14-,18-;/m1./s1. The monoisotopic (exact) mass is 460 g/mol. The van der Waals surface area contributed by atoms with Gasteiger partial charge in [0.2, 0.25) is 0 Å². The number of carboxylic acid groups (broad SMARTS) is 1. The van der Waals surface area contributed by atoms with E-state index in [9.17, 15) is 18.0 Å². The number of hydrogen-bond acceptors (Lipinski definition) is 6. The zero-order valence-corrected chi connectivity index (χ0v) is 17.4. The number of carbonyl (C=O) groups excluding carboxylic acids is 1. The number of hydrogen-bond donors (Lipinski definition) is 2. The van der Waals surface area contributed by atoms with Gasteiger partial charge in [-0.3, -0.25) is 9.69 Å². The molecular formula is C20H23F3N2O5S. The number of thiophene rings is 1. The number of halogens is 3. The van der Waals surface area contributed by atoms with Crippen LogP contribution in [0.5, 0.6) is 0 Å². The fourth-order valence-corrected chi connectivity index (χ4v) is 4.53. The number of carbonyl (C=O) groups is 2. The first-order valence-corrected chi connectivity index (χ1v) is 10.6. The molecule has 2 atom stereocenters. The number of nitrogens with one attached hydrogen (secondary N) is 1. The number of nitrogens with zero attached hydrogens (tertiary/aromatic N) is 1. The first-order valence-electron chi connectivity index (χ1n) is 9.70. The van der Waals surface area contributed by atoms with Crippen LogP contribution in [0.1, 0.15) is 34.7 Å². The van der Waals surface area contributed by atoms with Crippen LogP contribution in [0.25, 0.3) is 0 Å². The SMILES string of the molecule is O=C(N[C@@H]1CCO[C@]2(CCN(Cc3cccs3)C2)C1)c1ccco1.O=C(O)C(F)(F)F. The third-order valence-electron chi connectivity index (χ3n) is 5.17. The van der Waals surface area contributed by atoms with E-state index in [1.54, 1.807) is 23.5 Å². The minimum atomic E-state index is -5.08. The van der Waals surface area contributed by atoms with Gasteiger partial charge in [0.25, 0.3) is 5.91 Å². The van der Waals surface area contributed by atoms with Crippen LogP contribution in [0.15, 0.2) is 40.3 Å². The van der Waals surface area contributed by atoms with Crippen molar-refractivity contribution in [2.24, 2.45) is 0 Å². The minimum absolute atomic E-state index is 0.114. The summed E-state index contributed by atoms with van der Waals surface area (Å²) in [5, 5.41) is 12.4. The van der Waals surface area contributed by atoms with E-state index >= 15 is 0 Å². The van der Waals surface area contributed by atoms with Crippen LogP contribution in [0.3, 0.4) is 0 Å². The van der Waals surface area contributed by atoms with Gasteiger partial charge >= 0.3 is 12.1 Å². The summed E-state index contributed by atoms with van der Waals surface area (Å²) in [5.74, 6) is -2.51. The Bertz CT molecular complexity index is 857. The fraction of sp³-hybridized carbons (Fsp3) is 0.500. The number of rotatable bonds is 4.